The van der Waals surface area contributed by atoms with Gasteiger partial charge < -0.3 is 0 Å². The van der Waals surface area contributed by atoms with Crippen molar-refractivity contribution in [2.45, 2.75) is 12.8 Å². The van der Waals surface area contributed by atoms with E-state index >= 15 is 0 Å². The maximum atomic E-state index is 4.68. The minimum absolute atomic E-state index is 0.962. The van der Waals surface area contributed by atoms with Crippen LogP contribution in [-0.2, 0) is 12.8 Å². The van der Waals surface area contributed by atoms with Crippen molar-refractivity contribution in [2.24, 2.45) is 0 Å². The molecule has 0 radical (unpaired) electrons. The van der Waals surface area contributed by atoms with E-state index in [1.807, 2.05) is 24.7 Å². The van der Waals surface area contributed by atoms with Crippen LogP contribution in [0, 0.1) is 0 Å². The first-order valence-electron chi connectivity index (χ1n) is 10.8. The van der Waals surface area contributed by atoms with E-state index in [-0.39, 0.29) is 0 Å². The zero-order chi connectivity index (χ0) is 20.1. The second kappa shape index (κ2) is 5.38. The number of benzene rings is 3. The van der Waals surface area contributed by atoms with Crippen LogP contribution < -0.4 is 0 Å². The molecule has 6 aromatic rings. The normalized spacial score (nSPS) is 13.5. The number of hydrogen-bond acceptors (Lipinski definition) is 2. The number of imidazole rings is 1. The number of nitrogens with zero attached hydrogens (tertiary/aromatic N) is 3. The molecule has 0 saturated carbocycles. The zero-order valence-electron chi connectivity index (χ0n) is 16.8. The molecule has 31 heavy (non-hydrogen) atoms. The lowest BCUT2D eigenvalue weighted by Crippen LogP contribution is -1.94. The average molecular weight is 395 g/mol. The highest BCUT2D eigenvalue weighted by Crippen LogP contribution is 2.50. The molecule has 0 amide bonds. The second-order valence-corrected chi connectivity index (χ2v) is 8.69. The first-order chi connectivity index (χ1) is 15.4. The monoisotopic (exact) mass is 395 g/mol. The summed E-state index contributed by atoms with van der Waals surface area (Å²) in [6, 6.07) is 22.5. The van der Waals surface area contributed by atoms with Crippen molar-refractivity contribution in [3.8, 4) is 22.3 Å². The molecule has 0 aliphatic heterocycles. The van der Waals surface area contributed by atoms with Crippen LogP contribution in [0.2, 0.25) is 0 Å². The molecule has 2 aliphatic rings. The molecule has 3 aromatic heterocycles. The van der Waals surface area contributed by atoms with E-state index in [2.05, 4.69) is 69.0 Å². The molecule has 2 aliphatic carbocycles. The summed E-state index contributed by atoms with van der Waals surface area (Å²) in [7, 11) is 0. The highest BCUT2D eigenvalue weighted by molar-refractivity contribution is 6.13. The second-order valence-electron chi connectivity index (χ2n) is 8.69. The minimum atomic E-state index is 0.962. The highest BCUT2D eigenvalue weighted by Gasteiger charge is 2.29. The summed E-state index contributed by atoms with van der Waals surface area (Å²) in [5.74, 6) is 0. The van der Waals surface area contributed by atoms with Crippen LogP contribution in [0.3, 0.4) is 0 Å². The van der Waals surface area contributed by atoms with Crippen molar-refractivity contribution in [1.82, 2.24) is 14.4 Å². The third kappa shape index (κ3) is 1.89. The van der Waals surface area contributed by atoms with Crippen LogP contribution in [0.4, 0.5) is 0 Å². The van der Waals surface area contributed by atoms with Gasteiger partial charge >= 0.3 is 0 Å². The lowest BCUT2D eigenvalue weighted by atomic mass is 9.92. The van der Waals surface area contributed by atoms with Gasteiger partial charge in [0.1, 0.15) is 11.3 Å². The first kappa shape index (κ1) is 15.8. The smallest absolute Gasteiger partial charge is 0.146 e. The summed E-state index contributed by atoms with van der Waals surface area (Å²) in [5, 5.41) is 3.61. The Balaban J connectivity index is 1.52. The predicted octanol–water partition coefficient (Wildman–Crippen LogP) is 6.18. The van der Waals surface area contributed by atoms with Crippen molar-refractivity contribution in [2.75, 3.05) is 0 Å². The number of hydrogen-bond donors (Lipinski definition) is 0. The van der Waals surface area contributed by atoms with Gasteiger partial charge in [0.25, 0.3) is 0 Å². The summed E-state index contributed by atoms with van der Waals surface area (Å²) < 4.78 is 2.11. The summed E-state index contributed by atoms with van der Waals surface area (Å²) in [4.78, 5) is 9.36. The van der Waals surface area contributed by atoms with Gasteiger partial charge in [-0.3, -0.25) is 4.40 Å². The topological polar surface area (TPSA) is 30.2 Å². The molecule has 0 fully saturated rings. The molecular formula is C28H17N3. The molecule has 0 atom stereocenters. The average Bonchev–Trinajstić information content (AvgIpc) is 3.52. The Morgan fingerprint density at radius 3 is 2.29 bits per heavy atom. The van der Waals surface area contributed by atoms with Crippen molar-refractivity contribution < 1.29 is 0 Å². The van der Waals surface area contributed by atoms with Gasteiger partial charge in [0.15, 0.2) is 0 Å². The summed E-state index contributed by atoms with van der Waals surface area (Å²) in [6.45, 7) is 0. The van der Waals surface area contributed by atoms with Crippen molar-refractivity contribution in [3.63, 3.8) is 0 Å². The third-order valence-corrected chi connectivity index (χ3v) is 7.13. The van der Waals surface area contributed by atoms with E-state index in [1.165, 1.54) is 60.7 Å². The van der Waals surface area contributed by atoms with Gasteiger partial charge in [0.05, 0.1) is 0 Å². The Kier molecular flexibility index (Phi) is 2.74. The fourth-order valence-corrected chi connectivity index (χ4v) is 5.83. The molecule has 3 aromatic carbocycles. The third-order valence-electron chi connectivity index (χ3n) is 7.13. The van der Waals surface area contributed by atoms with Gasteiger partial charge in [-0.2, -0.15) is 0 Å². The van der Waals surface area contributed by atoms with Crippen LogP contribution in [0.15, 0.2) is 79.3 Å². The molecule has 0 saturated heterocycles. The fraction of sp³-hybridized carbons (Fsp3) is 0.0714. The van der Waals surface area contributed by atoms with E-state index in [1.54, 1.807) is 0 Å². The molecule has 0 spiro atoms. The molecule has 3 heteroatoms. The Labute approximate surface area is 178 Å². The number of fused-ring (bicyclic) bond motifs is 13. The molecule has 3 nitrogen and oxygen atoms in total. The molecule has 8 rings (SSSR count). The molecule has 0 unspecified atom stereocenters. The standard InChI is InChI=1S/C28H17N3/c1-2-5-20-16(4-1)12-17-7-8-18-13-19-14-24-23(15-22(19)26(18)25(17)20)21-6-3-9-29-27(21)31-11-10-30-28(24)31/h1-11,14-15H,12-13H2. The first-order valence-corrected chi connectivity index (χ1v) is 10.8. The van der Waals surface area contributed by atoms with Crippen LogP contribution in [0.25, 0.3) is 49.7 Å². The largest absolute Gasteiger partial charge is 0.283 e. The Hall–Kier alpha value is -3.98. The van der Waals surface area contributed by atoms with Crippen LogP contribution >= 0.6 is 0 Å². The Bertz CT molecular complexity index is 1740. The van der Waals surface area contributed by atoms with Gasteiger partial charge in [-0.25, -0.2) is 9.97 Å². The van der Waals surface area contributed by atoms with Gasteiger partial charge in [-0.1, -0.05) is 36.4 Å². The van der Waals surface area contributed by atoms with Crippen molar-refractivity contribution >= 4 is 27.5 Å². The van der Waals surface area contributed by atoms with E-state index < -0.39 is 0 Å². The van der Waals surface area contributed by atoms with Gasteiger partial charge in [-0.15, -0.1) is 0 Å². The molecule has 0 N–H and O–H groups in total. The fourth-order valence-electron chi connectivity index (χ4n) is 5.83. The summed E-state index contributed by atoms with van der Waals surface area (Å²) in [5.41, 5.74) is 13.3. The lowest BCUT2D eigenvalue weighted by molar-refractivity contribution is 1.20. The number of aromatic nitrogens is 3. The highest BCUT2D eigenvalue weighted by atomic mass is 15.0. The van der Waals surface area contributed by atoms with Crippen molar-refractivity contribution in [1.29, 1.82) is 0 Å². The molecule has 0 bridgehead atoms. The van der Waals surface area contributed by atoms with Gasteiger partial charge in [0, 0.05) is 29.4 Å². The summed E-state index contributed by atoms with van der Waals surface area (Å²) in [6.07, 6.45) is 7.75. The molecular weight excluding hydrogens is 378 g/mol. The van der Waals surface area contributed by atoms with Crippen LogP contribution in [-0.4, -0.2) is 14.4 Å². The number of rotatable bonds is 0. The number of pyridine rings is 2. The molecule has 3 heterocycles. The minimum Gasteiger partial charge on any atom is -0.283 e. The van der Waals surface area contributed by atoms with Crippen LogP contribution in [0.5, 0.6) is 0 Å². The van der Waals surface area contributed by atoms with Crippen molar-refractivity contribution in [3.05, 3.63) is 102 Å². The maximum Gasteiger partial charge on any atom is 0.146 e. The lowest BCUT2D eigenvalue weighted by Gasteiger charge is -2.12. The maximum absolute atomic E-state index is 4.68. The van der Waals surface area contributed by atoms with E-state index in [4.69, 9.17) is 0 Å². The SMILES string of the molecule is c1ccc2c(c1)Cc1ccc3c(c1-2)-c1cc2c4cccnc4n4ccnc4c2cc1C3. The van der Waals surface area contributed by atoms with E-state index in [9.17, 15) is 0 Å². The molecule has 144 valence electrons. The zero-order valence-corrected chi connectivity index (χ0v) is 16.8. The van der Waals surface area contributed by atoms with Gasteiger partial charge in [-0.05, 0) is 87.0 Å². The Morgan fingerprint density at radius 2 is 1.35 bits per heavy atom. The predicted molar refractivity (Wildman–Crippen MR) is 124 cm³/mol. The quantitative estimate of drug-likeness (QED) is 0.287. The summed E-state index contributed by atoms with van der Waals surface area (Å²) >= 11 is 0. The van der Waals surface area contributed by atoms with Crippen LogP contribution in [0.1, 0.15) is 22.3 Å². The van der Waals surface area contributed by atoms with Gasteiger partial charge in [0.2, 0.25) is 0 Å². The van der Waals surface area contributed by atoms with E-state index in [0.717, 1.165) is 24.1 Å². The Morgan fingerprint density at radius 1 is 0.581 bits per heavy atom. The van der Waals surface area contributed by atoms with E-state index in [0.29, 0.717) is 0 Å².